The van der Waals surface area contributed by atoms with E-state index in [0.717, 1.165) is 16.5 Å². The first-order chi connectivity index (χ1) is 14.6. The largest absolute Gasteiger partial charge is 0.452 e. The summed E-state index contributed by atoms with van der Waals surface area (Å²) in [7, 11) is 1.96. The topological polar surface area (TPSA) is 70.0 Å². The fourth-order valence-electron chi connectivity index (χ4n) is 3.77. The zero-order valence-electron chi connectivity index (χ0n) is 16.5. The van der Waals surface area contributed by atoms with Crippen molar-refractivity contribution in [2.75, 3.05) is 26.3 Å². The summed E-state index contributed by atoms with van der Waals surface area (Å²) in [6, 6.07) is 12.8. The molecule has 7 heteroatoms. The maximum absolute atomic E-state index is 12.8. The molecule has 1 saturated heterocycles. The van der Waals surface area contributed by atoms with Gasteiger partial charge in [0.2, 0.25) is 5.78 Å². The highest BCUT2D eigenvalue weighted by Gasteiger charge is 2.29. The molecule has 5 rings (SSSR count). The fraction of sp³-hybridized carbons (Fsp3) is 0.217. The first-order valence-corrected chi connectivity index (χ1v) is 9.77. The Morgan fingerprint density at radius 2 is 1.93 bits per heavy atom. The number of Topliss-reactive ketones (excluding diaryl/α,β-unsaturated/α-hetero) is 1. The van der Waals surface area contributed by atoms with E-state index >= 15 is 0 Å². The number of carbonyl (C=O) groups is 2. The molecule has 2 aliphatic heterocycles. The van der Waals surface area contributed by atoms with Gasteiger partial charge < -0.3 is 23.7 Å². The smallest absolute Gasteiger partial charge is 0.415 e. The van der Waals surface area contributed by atoms with Gasteiger partial charge in [0.15, 0.2) is 5.76 Å². The van der Waals surface area contributed by atoms with E-state index in [-0.39, 0.29) is 11.5 Å². The molecule has 0 atom stereocenters. The van der Waals surface area contributed by atoms with Crippen molar-refractivity contribution >= 4 is 28.9 Å². The Morgan fingerprint density at radius 1 is 1.13 bits per heavy atom. The number of benzene rings is 2. The summed E-state index contributed by atoms with van der Waals surface area (Å²) >= 11 is 0. The highest BCUT2D eigenvalue weighted by atomic mass is 16.6. The molecule has 0 unspecified atom stereocenters. The third-order valence-electron chi connectivity index (χ3n) is 5.33. The van der Waals surface area contributed by atoms with Crippen molar-refractivity contribution in [2.45, 2.75) is 0 Å². The molecule has 0 spiro atoms. The van der Waals surface area contributed by atoms with Crippen molar-refractivity contribution in [2.24, 2.45) is 7.05 Å². The first kappa shape index (κ1) is 18.4. The number of carbonyl (C=O) groups excluding carboxylic acids is 2. The number of hydrogen-bond acceptors (Lipinski definition) is 5. The molecule has 152 valence electrons. The molecule has 0 N–H and O–H groups in total. The molecule has 1 fully saturated rings. The molecule has 7 nitrogen and oxygen atoms in total. The van der Waals surface area contributed by atoms with Gasteiger partial charge in [-0.2, -0.15) is 0 Å². The number of ether oxygens (including phenoxy) is 3. The second-order valence-electron chi connectivity index (χ2n) is 7.28. The minimum absolute atomic E-state index is 0.191. The Balaban J connectivity index is 1.39. The molecule has 0 aliphatic carbocycles. The van der Waals surface area contributed by atoms with Gasteiger partial charge in [-0.05, 0) is 24.3 Å². The van der Waals surface area contributed by atoms with E-state index in [9.17, 15) is 9.59 Å². The van der Waals surface area contributed by atoms with Gasteiger partial charge >= 0.3 is 6.09 Å². The van der Waals surface area contributed by atoms with Crippen LogP contribution in [0, 0.1) is 0 Å². The van der Waals surface area contributed by atoms with Crippen LogP contribution in [0.2, 0.25) is 0 Å². The van der Waals surface area contributed by atoms with Crippen molar-refractivity contribution in [3.63, 3.8) is 0 Å². The van der Waals surface area contributed by atoms with E-state index in [1.54, 1.807) is 29.2 Å². The van der Waals surface area contributed by atoms with Crippen LogP contribution in [-0.4, -0.2) is 47.6 Å². The van der Waals surface area contributed by atoms with Gasteiger partial charge in [-0.3, -0.25) is 4.79 Å². The second kappa shape index (κ2) is 7.35. The molecule has 0 bridgehead atoms. The van der Waals surface area contributed by atoms with E-state index in [1.165, 1.54) is 0 Å². The molecular formula is C23H20N2O5. The maximum atomic E-state index is 12.8. The number of hydrogen-bond donors (Lipinski definition) is 0. The third-order valence-corrected chi connectivity index (χ3v) is 5.33. The van der Waals surface area contributed by atoms with Crippen molar-refractivity contribution in [3.05, 3.63) is 65.5 Å². The standard InChI is InChI=1S/C23H20N2O5/c1-24-14-15(17-4-2-3-5-19(17)24)12-21-22(26)18-7-6-16(13-20(18)30-21)29-23(27)25-8-10-28-11-9-25/h2-7,12-14H,8-11H2,1H3. The fourth-order valence-corrected chi connectivity index (χ4v) is 3.77. The van der Waals surface area contributed by atoms with Gasteiger partial charge in [0.25, 0.3) is 0 Å². The van der Waals surface area contributed by atoms with Crippen LogP contribution in [0.5, 0.6) is 11.5 Å². The van der Waals surface area contributed by atoms with Crippen LogP contribution in [-0.2, 0) is 11.8 Å². The van der Waals surface area contributed by atoms with Crippen molar-refractivity contribution in [3.8, 4) is 11.5 Å². The lowest BCUT2D eigenvalue weighted by Crippen LogP contribution is -2.42. The number of para-hydroxylation sites is 1. The average Bonchev–Trinajstić information content (AvgIpc) is 3.25. The third kappa shape index (κ3) is 3.23. The summed E-state index contributed by atoms with van der Waals surface area (Å²) in [5.41, 5.74) is 2.43. The van der Waals surface area contributed by atoms with E-state index < -0.39 is 6.09 Å². The van der Waals surface area contributed by atoms with E-state index in [0.29, 0.717) is 43.4 Å². The molecular weight excluding hydrogens is 384 g/mol. The van der Waals surface area contributed by atoms with Crippen LogP contribution < -0.4 is 9.47 Å². The van der Waals surface area contributed by atoms with E-state index in [1.807, 2.05) is 42.1 Å². The van der Waals surface area contributed by atoms with Crippen LogP contribution in [0.4, 0.5) is 4.79 Å². The number of allylic oxidation sites excluding steroid dienone is 1. The molecule has 2 aliphatic rings. The van der Waals surface area contributed by atoms with Crippen molar-refractivity contribution in [1.29, 1.82) is 0 Å². The minimum atomic E-state index is -0.436. The number of aryl methyl sites for hydroxylation is 1. The quantitative estimate of drug-likeness (QED) is 0.610. The van der Waals surface area contributed by atoms with E-state index in [2.05, 4.69) is 0 Å². The predicted molar refractivity (Wildman–Crippen MR) is 111 cm³/mol. The molecule has 1 amide bonds. The van der Waals surface area contributed by atoms with Gasteiger partial charge in [-0.15, -0.1) is 0 Å². The lowest BCUT2D eigenvalue weighted by molar-refractivity contribution is 0.0416. The Hall–Kier alpha value is -3.58. The van der Waals surface area contributed by atoms with Crippen LogP contribution >= 0.6 is 0 Å². The highest BCUT2D eigenvalue weighted by Crippen LogP contribution is 2.36. The van der Waals surface area contributed by atoms with Crippen molar-refractivity contribution in [1.82, 2.24) is 9.47 Å². The normalized spacial score (nSPS) is 17.3. The number of amides is 1. The molecule has 3 heterocycles. The maximum Gasteiger partial charge on any atom is 0.415 e. The van der Waals surface area contributed by atoms with Crippen LogP contribution in [0.1, 0.15) is 15.9 Å². The molecule has 2 aromatic carbocycles. The molecule has 0 radical (unpaired) electrons. The number of rotatable bonds is 2. The number of fused-ring (bicyclic) bond motifs is 2. The Kier molecular flexibility index (Phi) is 4.52. The summed E-state index contributed by atoms with van der Waals surface area (Å²) in [6.45, 7) is 1.99. The predicted octanol–water partition coefficient (Wildman–Crippen LogP) is 3.63. The summed E-state index contributed by atoms with van der Waals surface area (Å²) < 4.78 is 18.5. The molecule has 1 aromatic heterocycles. The highest BCUT2D eigenvalue weighted by molar-refractivity contribution is 6.15. The number of aromatic nitrogens is 1. The van der Waals surface area contributed by atoms with Gasteiger partial charge in [-0.25, -0.2) is 4.79 Å². The Bertz CT molecular complexity index is 1190. The minimum Gasteiger partial charge on any atom is -0.452 e. The van der Waals surface area contributed by atoms with Gasteiger partial charge in [-0.1, -0.05) is 18.2 Å². The lowest BCUT2D eigenvalue weighted by Gasteiger charge is -2.25. The van der Waals surface area contributed by atoms with E-state index in [4.69, 9.17) is 14.2 Å². The summed E-state index contributed by atoms with van der Waals surface area (Å²) in [5.74, 6) is 0.783. The van der Waals surface area contributed by atoms with Crippen LogP contribution in [0.3, 0.4) is 0 Å². The SMILES string of the molecule is Cn1cc(C=C2Oc3cc(OC(=O)N4CCOCC4)ccc3C2=O)c2ccccc21. The molecule has 0 saturated carbocycles. The number of ketones is 1. The van der Waals surface area contributed by atoms with Gasteiger partial charge in [0.1, 0.15) is 11.5 Å². The van der Waals surface area contributed by atoms with Gasteiger partial charge in [0, 0.05) is 48.9 Å². The summed E-state index contributed by atoms with van der Waals surface area (Å²) in [5, 5.41) is 1.04. The van der Waals surface area contributed by atoms with Crippen molar-refractivity contribution < 1.29 is 23.8 Å². The summed E-state index contributed by atoms with van der Waals surface area (Å²) in [6.07, 6.45) is 3.28. The average molecular weight is 404 g/mol. The van der Waals surface area contributed by atoms with Gasteiger partial charge in [0.05, 0.1) is 18.8 Å². The Labute approximate surface area is 173 Å². The zero-order chi connectivity index (χ0) is 20.7. The molecule has 30 heavy (non-hydrogen) atoms. The lowest BCUT2D eigenvalue weighted by atomic mass is 10.1. The van der Waals surface area contributed by atoms with Crippen LogP contribution in [0.15, 0.2) is 54.4 Å². The second-order valence-corrected chi connectivity index (χ2v) is 7.28. The number of morpholine rings is 1. The Morgan fingerprint density at radius 3 is 2.77 bits per heavy atom. The molecule has 3 aromatic rings. The van der Waals surface area contributed by atoms with Crippen LogP contribution in [0.25, 0.3) is 17.0 Å². The summed E-state index contributed by atoms with van der Waals surface area (Å²) in [4.78, 5) is 26.7. The first-order valence-electron chi connectivity index (χ1n) is 9.77. The number of nitrogens with zero attached hydrogens (tertiary/aromatic N) is 2. The zero-order valence-corrected chi connectivity index (χ0v) is 16.5. The monoisotopic (exact) mass is 404 g/mol.